The normalized spacial score (nSPS) is 16.6. The third-order valence-electron chi connectivity index (χ3n) is 3.75. The van der Waals surface area contributed by atoms with Crippen LogP contribution in [0.1, 0.15) is 22.8 Å². The van der Waals surface area contributed by atoms with Crippen molar-refractivity contribution in [3.05, 3.63) is 29.3 Å². The molecule has 0 radical (unpaired) electrons. The number of nitrogens with zero attached hydrogens (tertiary/aromatic N) is 1. The zero-order valence-electron chi connectivity index (χ0n) is 13.6. The molecule has 1 aromatic rings. The lowest BCUT2D eigenvalue weighted by atomic mass is 10.1. The van der Waals surface area contributed by atoms with Crippen LogP contribution >= 0.6 is 0 Å². The second kappa shape index (κ2) is 7.71. The van der Waals surface area contributed by atoms with Crippen molar-refractivity contribution >= 4 is 15.9 Å². The number of rotatable bonds is 5. The van der Waals surface area contributed by atoms with Gasteiger partial charge in [-0.3, -0.25) is 4.79 Å². The Hall–Kier alpha value is -1.65. The van der Waals surface area contributed by atoms with E-state index >= 15 is 0 Å². The summed E-state index contributed by atoms with van der Waals surface area (Å²) in [6.07, 6.45) is -4.13. The Morgan fingerprint density at radius 3 is 2.48 bits per heavy atom. The summed E-state index contributed by atoms with van der Waals surface area (Å²) in [5.74, 6) is -0.974. The lowest BCUT2D eigenvalue weighted by molar-refractivity contribution is -0.123. The van der Waals surface area contributed by atoms with Gasteiger partial charge in [-0.1, -0.05) is 13.0 Å². The molecule has 1 saturated heterocycles. The Morgan fingerprint density at radius 1 is 1.28 bits per heavy atom. The zero-order chi connectivity index (χ0) is 18.7. The summed E-state index contributed by atoms with van der Waals surface area (Å²) in [5.41, 5.74) is 0.368. The molecular formula is C15H19F3N2O4S. The van der Waals surface area contributed by atoms with Crippen LogP contribution in [-0.4, -0.2) is 57.7 Å². The number of aryl methyl sites for hydroxylation is 1. The molecule has 0 atom stereocenters. The first-order valence-corrected chi connectivity index (χ1v) is 9.15. The van der Waals surface area contributed by atoms with Crippen LogP contribution in [0.15, 0.2) is 23.1 Å². The molecule has 1 aromatic carbocycles. The van der Waals surface area contributed by atoms with E-state index in [0.29, 0.717) is 12.0 Å². The van der Waals surface area contributed by atoms with Crippen molar-refractivity contribution in [2.45, 2.75) is 24.4 Å². The van der Waals surface area contributed by atoms with Crippen molar-refractivity contribution in [3.63, 3.8) is 0 Å². The minimum absolute atomic E-state index is 0.0587. The van der Waals surface area contributed by atoms with E-state index in [2.05, 4.69) is 0 Å². The average Bonchev–Trinajstić information content (AvgIpc) is 2.59. The zero-order valence-corrected chi connectivity index (χ0v) is 14.4. The minimum Gasteiger partial charge on any atom is -0.379 e. The number of morpholine rings is 1. The fraction of sp³-hybridized carbons (Fsp3) is 0.533. The van der Waals surface area contributed by atoms with Crippen molar-refractivity contribution in [2.75, 3.05) is 32.8 Å². The van der Waals surface area contributed by atoms with Crippen LogP contribution < -0.4 is 5.32 Å². The summed E-state index contributed by atoms with van der Waals surface area (Å²) >= 11 is 0. The molecule has 1 N–H and O–H groups in total. The molecule has 6 nitrogen and oxygen atoms in total. The van der Waals surface area contributed by atoms with Gasteiger partial charge in [0, 0.05) is 18.7 Å². The van der Waals surface area contributed by atoms with Crippen LogP contribution in [0.5, 0.6) is 0 Å². The molecule has 1 amide bonds. The molecule has 1 fully saturated rings. The molecule has 25 heavy (non-hydrogen) atoms. The maximum absolute atomic E-state index is 12.8. The maximum atomic E-state index is 12.8. The highest BCUT2D eigenvalue weighted by Gasteiger charge is 2.30. The summed E-state index contributed by atoms with van der Waals surface area (Å²) < 4.78 is 68.7. The molecule has 0 unspecified atom stereocenters. The molecule has 1 aliphatic rings. The van der Waals surface area contributed by atoms with Crippen molar-refractivity contribution in [3.8, 4) is 0 Å². The number of carbonyl (C=O) groups is 1. The molecule has 0 aromatic heterocycles. The van der Waals surface area contributed by atoms with Crippen LogP contribution in [0.2, 0.25) is 0 Å². The van der Waals surface area contributed by atoms with Gasteiger partial charge in [0.25, 0.3) is 5.91 Å². The predicted octanol–water partition coefficient (Wildman–Crippen LogP) is 1.56. The highest BCUT2D eigenvalue weighted by atomic mass is 32.2. The third-order valence-corrected chi connectivity index (χ3v) is 5.73. The van der Waals surface area contributed by atoms with Crippen LogP contribution in [-0.2, 0) is 21.2 Å². The van der Waals surface area contributed by atoms with Gasteiger partial charge in [0.15, 0.2) is 0 Å². The maximum Gasteiger partial charge on any atom is 0.405 e. The van der Waals surface area contributed by atoms with Crippen LogP contribution in [0.25, 0.3) is 0 Å². The van der Waals surface area contributed by atoms with E-state index in [1.54, 1.807) is 12.2 Å². The van der Waals surface area contributed by atoms with Gasteiger partial charge in [0.2, 0.25) is 10.0 Å². The van der Waals surface area contributed by atoms with E-state index in [1.165, 1.54) is 16.4 Å². The highest BCUT2D eigenvalue weighted by Crippen LogP contribution is 2.23. The molecule has 1 heterocycles. The Labute approximate surface area is 144 Å². The standard InChI is InChI=1S/C15H19F3N2O4S/c1-2-11-3-4-12(14(21)19-10-15(16,17)18)9-13(11)25(22,23)20-5-7-24-8-6-20/h3-4,9H,2,5-8,10H2,1H3,(H,19,21). The lowest BCUT2D eigenvalue weighted by Gasteiger charge is -2.27. The van der Waals surface area contributed by atoms with Gasteiger partial charge in [-0.25, -0.2) is 8.42 Å². The highest BCUT2D eigenvalue weighted by molar-refractivity contribution is 7.89. The molecule has 1 aliphatic heterocycles. The number of alkyl halides is 3. The molecule has 2 rings (SSSR count). The Kier molecular flexibility index (Phi) is 6.07. The van der Waals surface area contributed by atoms with E-state index in [0.717, 1.165) is 6.07 Å². The first-order chi connectivity index (χ1) is 11.6. The Bertz CT molecular complexity index is 729. The largest absolute Gasteiger partial charge is 0.405 e. The second-order valence-corrected chi connectivity index (χ2v) is 7.40. The summed E-state index contributed by atoms with van der Waals surface area (Å²) in [4.78, 5) is 11.8. The number of halogens is 3. The van der Waals surface area contributed by atoms with Crippen LogP contribution in [0.4, 0.5) is 13.2 Å². The quantitative estimate of drug-likeness (QED) is 0.841. The van der Waals surface area contributed by atoms with Crippen molar-refractivity contribution < 1.29 is 31.1 Å². The molecule has 10 heteroatoms. The summed E-state index contributed by atoms with van der Waals surface area (Å²) in [6.45, 7) is 1.20. The second-order valence-electron chi connectivity index (χ2n) is 5.49. The molecule has 0 aliphatic carbocycles. The number of hydrogen-bond donors (Lipinski definition) is 1. The SMILES string of the molecule is CCc1ccc(C(=O)NCC(F)(F)F)cc1S(=O)(=O)N1CCOCC1. The van der Waals surface area contributed by atoms with Gasteiger partial charge in [-0.15, -0.1) is 0 Å². The van der Waals surface area contributed by atoms with Crippen LogP contribution in [0.3, 0.4) is 0 Å². The van der Waals surface area contributed by atoms with Gasteiger partial charge < -0.3 is 10.1 Å². The van der Waals surface area contributed by atoms with Crippen LogP contribution in [0, 0.1) is 0 Å². The van der Waals surface area contributed by atoms with E-state index in [9.17, 15) is 26.4 Å². The molecule has 0 spiro atoms. The minimum atomic E-state index is -4.54. The van der Waals surface area contributed by atoms with Gasteiger partial charge in [0.05, 0.1) is 18.1 Å². The van der Waals surface area contributed by atoms with Gasteiger partial charge in [0.1, 0.15) is 6.54 Å². The lowest BCUT2D eigenvalue weighted by Crippen LogP contribution is -2.41. The summed E-state index contributed by atoms with van der Waals surface area (Å²) in [7, 11) is -3.85. The molecular weight excluding hydrogens is 361 g/mol. The van der Waals surface area contributed by atoms with Crippen molar-refractivity contribution in [1.29, 1.82) is 0 Å². The number of sulfonamides is 1. The number of ether oxygens (including phenoxy) is 1. The molecule has 0 saturated carbocycles. The predicted molar refractivity (Wildman–Crippen MR) is 83.8 cm³/mol. The number of nitrogens with one attached hydrogen (secondary N) is 1. The molecule has 140 valence electrons. The number of carbonyl (C=O) groups excluding carboxylic acids is 1. The van der Waals surface area contributed by atoms with E-state index < -0.39 is 28.7 Å². The van der Waals surface area contributed by atoms with Gasteiger partial charge in [-0.05, 0) is 24.1 Å². The Balaban J connectivity index is 2.32. The fourth-order valence-corrected chi connectivity index (χ4v) is 4.16. The number of hydrogen-bond acceptors (Lipinski definition) is 4. The van der Waals surface area contributed by atoms with Crippen molar-refractivity contribution in [2.24, 2.45) is 0 Å². The first kappa shape index (κ1) is 19.7. The first-order valence-electron chi connectivity index (χ1n) is 7.71. The summed E-state index contributed by atoms with van der Waals surface area (Å²) in [5, 5.41) is 1.74. The summed E-state index contributed by atoms with van der Waals surface area (Å²) in [6, 6.07) is 3.91. The van der Waals surface area contributed by atoms with E-state index in [-0.39, 0.29) is 36.8 Å². The van der Waals surface area contributed by atoms with Crippen molar-refractivity contribution in [1.82, 2.24) is 9.62 Å². The Morgan fingerprint density at radius 2 is 1.92 bits per heavy atom. The number of benzene rings is 1. The average molecular weight is 380 g/mol. The number of amides is 1. The topological polar surface area (TPSA) is 75.7 Å². The van der Waals surface area contributed by atoms with Gasteiger partial charge >= 0.3 is 6.18 Å². The van der Waals surface area contributed by atoms with E-state index in [1.807, 2.05) is 0 Å². The molecule has 0 bridgehead atoms. The monoisotopic (exact) mass is 380 g/mol. The van der Waals surface area contributed by atoms with E-state index in [4.69, 9.17) is 4.74 Å². The van der Waals surface area contributed by atoms with Gasteiger partial charge in [-0.2, -0.15) is 17.5 Å². The third kappa shape index (κ3) is 4.93. The smallest absolute Gasteiger partial charge is 0.379 e. The fourth-order valence-electron chi connectivity index (χ4n) is 2.44.